The van der Waals surface area contributed by atoms with Gasteiger partial charge in [-0.15, -0.1) is 0 Å². The summed E-state index contributed by atoms with van der Waals surface area (Å²) in [6.07, 6.45) is 3.44. The Kier molecular flexibility index (Phi) is 9.14. The highest BCUT2D eigenvalue weighted by Crippen LogP contribution is 2.33. The van der Waals surface area contributed by atoms with Crippen molar-refractivity contribution in [2.45, 2.75) is 33.4 Å². The van der Waals surface area contributed by atoms with Crippen molar-refractivity contribution in [1.29, 1.82) is 5.26 Å². The number of fused-ring (bicyclic) bond motifs is 1. The molecule has 3 rings (SSSR count). The topological polar surface area (TPSA) is 96.7 Å². The summed E-state index contributed by atoms with van der Waals surface area (Å²) in [4.78, 5) is 15.9. The highest BCUT2D eigenvalue weighted by Gasteiger charge is 2.28. The van der Waals surface area contributed by atoms with E-state index in [0.29, 0.717) is 24.2 Å². The summed E-state index contributed by atoms with van der Waals surface area (Å²) in [7, 11) is 0. The minimum Gasteiger partial charge on any atom is -0.366 e. The smallest absolute Gasteiger partial charge is 0.366 e. The lowest BCUT2D eigenvalue weighted by atomic mass is 10.0. The van der Waals surface area contributed by atoms with Gasteiger partial charge in [0.2, 0.25) is 0 Å². The number of nitrogens with two attached hydrogens (primary N) is 1. The molecule has 29 heavy (non-hydrogen) atoms. The Bertz CT molecular complexity index is 866. The molecular formula is C17H17F6N5O. The third-order valence-electron chi connectivity index (χ3n) is 3.83. The molecule has 0 saturated heterocycles. The highest BCUT2D eigenvalue weighted by atomic mass is 19.4. The maximum Gasteiger partial charge on any atom is 0.379 e. The van der Waals surface area contributed by atoms with Crippen molar-refractivity contribution >= 4 is 5.91 Å². The fourth-order valence-electron chi connectivity index (χ4n) is 2.86. The van der Waals surface area contributed by atoms with E-state index in [1.807, 2.05) is 17.6 Å². The molecule has 0 saturated carbocycles. The number of nitrogens with one attached hydrogen (secondary N) is 1. The van der Waals surface area contributed by atoms with Gasteiger partial charge in [-0.3, -0.25) is 9.78 Å². The number of hydrogen-bond acceptors (Lipinski definition) is 4. The van der Waals surface area contributed by atoms with Gasteiger partial charge in [-0.05, 0) is 18.6 Å². The van der Waals surface area contributed by atoms with Gasteiger partial charge in [0.1, 0.15) is 6.07 Å². The number of carbonyl (C=O) groups is 1. The predicted octanol–water partition coefficient (Wildman–Crippen LogP) is 3.29. The molecule has 1 aliphatic rings. The molecule has 2 aromatic heterocycles. The van der Waals surface area contributed by atoms with Gasteiger partial charge in [0.15, 0.2) is 0 Å². The number of amides is 1. The van der Waals surface area contributed by atoms with Gasteiger partial charge in [0.05, 0.1) is 16.8 Å². The summed E-state index contributed by atoms with van der Waals surface area (Å²) in [6, 6.07) is 4.04. The van der Waals surface area contributed by atoms with Crippen LogP contribution in [0.1, 0.15) is 27.2 Å². The van der Waals surface area contributed by atoms with E-state index in [4.69, 9.17) is 5.73 Å². The van der Waals surface area contributed by atoms with Crippen molar-refractivity contribution in [3.63, 3.8) is 0 Å². The number of nitrogens with zero attached hydrogens (tertiary/aromatic N) is 3. The van der Waals surface area contributed by atoms with Crippen LogP contribution in [0.3, 0.4) is 0 Å². The van der Waals surface area contributed by atoms with Gasteiger partial charge in [-0.2, -0.15) is 31.6 Å². The maximum absolute atomic E-state index is 11.8. The fourth-order valence-corrected chi connectivity index (χ4v) is 2.86. The molecule has 6 nitrogen and oxygen atoms in total. The van der Waals surface area contributed by atoms with Gasteiger partial charge in [0.25, 0.3) is 5.91 Å². The zero-order valence-corrected chi connectivity index (χ0v) is 15.1. The number of aromatic nitrogens is 2. The van der Waals surface area contributed by atoms with Crippen LogP contribution in [0.5, 0.6) is 0 Å². The Morgan fingerprint density at radius 3 is 2.34 bits per heavy atom. The van der Waals surface area contributed by atoms with E-state index >= 15 is 0 Å². The quantitative estimate of drug-likeness (QED) is 0.728. The van der Waals surface area contributed by atoms with E-state index in [-0.39, 0.29) is 0 Å². The Hall–Kier alpha value is -3.07. The number of aryl methyl sites for hydroxylation is 1. The van der Waals surface area contributed by atoms with Crippen molar-refractivity contribution < 1.29 is 31.1 Å². The number of alkyl halides is 6. The number of primary amides is 1. The van der Waals surface area contributed by atoms with Gasteiger partial charge < -0.3 is 15.6 Å². The van der Waals surface area contributed by atoms with Crippen molar-refractivity contribution in [1.82, 2.24) is 14.9 Å². The second kappa shape index (κ2) is 11.1. The number of nitriles is 1. The van der Waals surface area contributed by atoms with Gasteiger partial charge >= 0.3 is 13.4 Å². The minimum absolute atomic E-state index is 0.322. The third kappa shape index (κ3) is 6.49. The first kappa shape index (κ1) is 24.0. The molecule has 0 radical (unpaired) electrons. The Labute approximate surface area is 161 Å². The Morgan fingerprint density at radius 1 is 1.28 bits per heavy atom. The standard InChI is InChI=1S/C15H15N5O.2CHF3/c1-9-2-3-18-7-11(9)14-10(6-16)13(15(17)21)12-8-19-4-5-20(12)14;2*2-1(3)4/h2-3,7,19H,4-5,8H2,1H3,(H2,17,21);2*1H. The molecule has 0 aliphatic carbocycles. The van der Waals surface area contributed by atoms with E-state index in [2.05, 4.69) is 16.4 Å². The van der Waals surface area contributed by atoms with E-state index in [1.165, 1.54) is 0 Å². The average Bonchev–Trinajstić information content (AvgIpc) is 2.95. The van der Waals surface area contributed by atoms with E-state index in [0.717, 1.165) is 29.1 Å². The summed E-state index contributed by atoms with van der Waals surface area (Å²) in [5.41, 5.74) is 9.56. The van der Waals surface area contributed by atoms with Crippen LogP contribution >= 0.6 is 0 Å². The monoisotopic (exact) mass is 421 g/mol. The summed E-state index contributed by atoms with van der Waals surface area (Å²) in [5.74, 6) is -0.563. The first-order chi connectivity index (χ1) is 13.6. The minimum atomic E-state index is -3.67. The number of hydrogen-bond donors (Lipinski definition) is 2. The summed E-state index contributed by atoms with van der Waals surface area (Å²) >= 11 is 0. The Morgan fingerprint density at radius 2 is 1.86 bits per heavy atom. The van der Waals surface area contributed by atoms with Crippen LogP contribution < -0.4 is 11.1 Å². The number of carbonyl (C=O) groups excluding carboxylic acids is 1. The second-order valence-electron chi connectivity index (χ2n) is 5.54. The van der Waals surface area contributed by atoms with Crippen molar-refractivity contribution in [3.05, 3.63) is 40.8 Å². The molecule has 0 unspecified atom stereocenters. The largest absolute Gasteiger partial charge is 0.379 e. The van der Waals surface area contributed by atoms with Crippen LogP contribution in [0, 0.1) is 18.3 Å². The molecule has 12 heteroatoms. The van der Waals surface area contributed by atoms with E-state index in [1.54, 1.807) is 12.4 Å². The zero-order chi connectivity index (χ0) is 22.1. The van der Waals surface area contributed by atoms with Crippen molar-refractivity contribution in [3.8, 4) is 17.3 Å². The zero-order valence-electron chi connectivity index (χ0n) is 15.1. The molecule has 1 aliphatic heterocycles. The van der Waals surface area contributed by atoms with Crippen LogP contribution in [-0.2, 0) is 13.1 Å². The summed E-state index contributed by atoms with van der Waals surface area (Å²) in [5, 5.41) is 12.8. The lowest BCUT2D eigenvalue weighted by Crippen LogP contribution is -2.30. The third-order valence-corrected chi connectivity index (χ3v) is 3.83. The summed E-state index contributed by atoms with van der Waals surface area (Å²) < 4.78 is 60.0. The number of pyridine rings is 1. The highest BCUT2D eigenvalue weighted by molar-refractivity contribution is 5.99. The predicted molar refractivity (Wildman–Crippen MR) is 91.6 cm³/mol. The molecule has 0 atom stereocenters. The summed E-state index contributed by atoms with van der Waals surface area (Å²) in [6.45, 7) is -3.35. The first-order valence-corrected chi connectivity index (χ1v) is 8.03. The Balaban J connectivity index is 0.000000452. The molecular weight excluding hydrogens is 404 g/mol. The van der Waals surface area contributed by atoms with Crippen LogP contribution in [0.15, 0.2) is 18.5 Å². The van der Waals surface area contributed by atoms with E-state index < -0.39 is 19.3 Å². The van der Waals surface area contributed by atoms with Gasteiger partial charge in [-0.1, -0.05) is 0 Å². The van der Waals surface area contributed by atoms with Crippen LogP contribution in [-0.4, -0.2) is 35.4 Å². The van der Waals surface area contributed by atoms with Crippen molar-refractivity contribution in [2.75, 3.05) is 6.54 Å². The number of halogens is 6. The molecule has 0 spiro atoms. The average molecular weight is 421 g/mol. The molecule has 158 valence electrons. The molecule has 1 amide bonds. The molecule has 3 heterocycles. The van der Waals surface area contributed by atoms with Crippen molar-refractivity contribution in [2.24, 2.45) is 5.73 Å². The lowest BCUT2D eigenvalue weighted by molar-refractivity contribution is 0.00734. The molecule has 0 aromatic carbocycles. The molecule has 2 aromatic rings. The fraction of sp³-hybridized carbons (Fsp3) is 0.353. The van der Waals surface area contributed by atoms with Crippen LogP contribution in [0.2, 0.25) is 0 Å². The van der Waals surface area contributed by atoms with Crippen LogP contribution in [0.25, 0.3) is 11.3 Å². The lowest BCUT2D eigenvalue weighted by Gasteiger charge is -2.20. The second-order valence-corrected chi connectivity index (χ2v) is 5.54. The molecule has 0 bridgehead atoms. The molecule has 0 fully saturated rings. The molecule has 3 N–H and O–H groups in total. The van der Waals surface area contributed by atoms with E-state index in [9.17, 15) is 36.4 Å². The van der Waals surface area contributed by atoms with Gasteiger partial charge in [-0.25, -0.2) is 0 Å². The maximum atomic E-state index is 11.8. The first-order valence-electron chi connectivity index (χ1n) is 8.03. The van der Waals surface area contributed by atoms with Gasteiger partial charge in [0, 0.05) is 43.3 Å². The van der Waals surface area contributed by atoms with Crippen LogP contribution in [0.4, 0.5) is 26.3 Å². The number of rotatable bonds is 2. The normalized spacial score (nSPS) is 12.3. The SMILES string of the molecule is Cc1ccncc1-c1c(C#N)c(C(N)=O)c2n1CCNC2.FC(F)F.FC(F)F.